The number of rotatable bonds is 5. The van der Waals surface area contributed by atoms with Crippen molar-refractivity contribution in [2.75, 3.05) is 25.5 Å². The summed E-state index contributed by atoms with van der Waals surface area (Å²) in [5.41, 5.74) is 1.87. The summed E-state index contributed by atoms with van der Waals surface area (Å²) in [6, 6.07) is 13.3. The Labute approximate surface area is 185 Å². The third-order valence-corrected chi connectivity index (χ3v) is 5.26. The first kappa shape index (κ1) is 23.3. The van der Waals surface area contributed by atoms with E-state index in [1.54, 1.807) is 12.1 Å². The van der Waals surface area contributed by atoms with Crippen molar-refractivity contribution in [3.8, 4) is 17.0 Å². The molecule has 9 heteroatoms. The molecule has 7 nitrogen and oxygen atoms in total. The van der Waals surface area contributed by atoms with Crippen molar-refractivity contribution in [1.82, 2.24) is 15.1 Å². The number of carbonyl (C=O) groups is 1. The zero-order chi connectivity index (χ0) is 23.1. The Morgan fingerprint density at radius 1 is 1.22 bits per heavy atom. The van der Waals surface area contributed by atoms with Crippen LogP contribution in [0.2, 0.25) is 0 Å². The minimum Gasteiger partial charge on any atom is -0.483 e. The van der Waals surface area contributed by atoms with Gasteiger partial charge >= 0.3 is 6.61 Å². The van der Waals surface area contributed by atoms with E-state index < -0.39 is 6.61 Å². The Bertz CT molecular complexity index is 1060. The molecule has 0 spiro atoms. The molecule has 170 valence electrons. The third-order valence-electron chi connectivity index (χ3n) is 5.26. The van der Waals surface area contributed by atoms with Gasteiger partial charge in [-0.1, -0.05) is 30.3 Å². The average molecular weight is 444 g/mol. The number of likely N-dealkylation sites (tertiary alicyclic amines) is 1. The van der Waals surface area contributed by atoms with E-state index in [1.807, 2.05) is 37.3 Å². The number of aromatic nitrogens is 2. The fourth-order valence-electron chi connectivity index (χ4n) is 3.91. The van der Waals surface area contributed by atoms with Crippen LogP contribution >= 0.6 is 0 Å². The second-order valence-electron chi connectivity index (χ2n) is 7.67. The molecule has 2 heterocycles. The van der Waals surface area contributed by atoms with Gasteiger partial charge in [0.2, 0.25) is 0 Å². The van der Waals surface area contributed by atoms with E-state index in [0.29, 0.717) is 23.1 Å². The van der Waals surface area contributed by atoms with Crippen LogP contribution in [0, 0.1) is 6.92 Å². The number of likely N-dealkylation sites (N-methyl/N-ethyl adjacent to an activating group) is 1. The van der Waals surface area contributed by atoms with Crippen LogP contribution in [-0.2, 0) is 4.79 Å². The van der Waals surface area contributed by atoms with Gasteiger partial charge in [-0.25, -0.2) is 0 Å². The smallest absolute Gasteiger partial charge is 0.387 e. The van der Waals surface area contributed by atoms with Gasteiger partial charge in [-0.3, -0.25) is 4.79 Å². The number of aryl methyl sites for hydroxylation is 1. The number of carboxylic acid groups (broad SMARTS) is 1. The Hall–Kier alpha value is -3.33. The first-order chi connectivity index (χ1) is 15.4. The molecule has 3 aromatic rings. The summed E-state index contributed by atoms with van der Waals surface area (Å²) in [4.78, 5) is 10.7. The Morgan fingerprint density at radius 2 is 1.94 bits per heavy atom. The lowest BCUT2D eigenvalue weighted by molar-refractivity contribution is -0.122. The first-order valence-corrected chi connectivity index (χ1v) is 10.3. The zero-order valence-corrected chi connectivity index (χ0v) is 18.0. The summed E-state index contributed by atoms with van der Waals surface area (Å²) in [5.74, 6) is 0.821. The SMILES string of the molecule is Cc1ccc(-c2nnc(N[C@@H]3CCCN(C)C3)c3ccccc23)c(OC(F)F)c1.O=CO. The number of fused-ring (bicyclic) bond motifs is 1. The number of nitrogens with zero attached hydrogens (tertiary/aromatic N) is 3. The van der Waals surface area contributed by atoms with Crippen molar-refractivity contribution >= 4 is 23.1 Å². The van der Waals surface area contributed by atoms with Crippen molar-refractivity contribution in [3.63, 3.8) is 0 Å². The molecular weight excluding hydrogens is 418 g/mol. The van der Waals surface area contributed by atoms with E-state index in [2.05, 4.69) is 27.5 Å². The molecule has 2 aromatic carbocycles. The van der Waals surface area contributed by atoms with Gasteiger partial charge in [0.15, 0.2) is 5.82 Å². The lowest BCUT2D eigenvalue weighted by Crippen LogP contribution is -2.40. The van der Waals surface area contributed by atoms with Crippen molar-refractivity contribution in [1.29, 1.82) is 0 Å². The highest BCUT2D eigenvalue weighted by atomic mass is 19.3. The molecule has 1 aromatic heterocycles. The van der Waals surface area contributed by atoms with E-state index in [9.17, 15) is 8.78 Å². The summed E-state index contributed by atoms with van der Waals surface area (Å²) >= 11 is 0. The van der Waals surface area contributed by atoms with Gasteiger partial charge in [0, 0.05) is 28.9 Å². The van der Waals surface area contributed by atoms with Gasteiger partial charge in [0.25, 0.3) is 6.47 Å². The van der Waals surface area contributed by atoms with E-state index >= 15 is 0 Å². The van der Waals surface area contributed by atoms with Gasteiger partial charge in [-0.05, 0) is 51.1 Å². The summed E-state index contributed by atoms with van der Waals surface area (Å²) in [7, 11) is 2.11. The standard InChI is InChI=1S/C22H24F2N4O.CH2O2/c1-14-9-10-18(19(12-14)29-22(23)24)20-16-7-3-4-8-17(16)21(27-26-20)25-15-6-5-11-28(2)13-15;2-1-3/h3-4,7-10,12,15,22H,5-6,11,13H2,1-2H3,(H,25,27);1H,(H,2,3)/t15-;/m1./s1. The Morgan fingerprint density at radius 3 is 2.62 bits per heavy atom. The predicted molar refractivity (Wildman–Crippen MR) is 119 cm³/mol. The molecule has 0 aliphatic carbocycles. The van der Waals surface area contributed by atoms with Crippen molar-refractivity contribution in [3.05, 3.63) is 48.0 Å². The molecule has 0 bridgehead atoms. The highest BCUT2D eigenvalue weighted by Crippen LogP contribution is 2.36. The van der Waals surface area contributed by atoms with Crippen LogP contribution in [0.25, 0.3) is 22.0 Å². The van der Waals surface area contributed by atoms with Gasteiger partial charge in [-0.2, -0.15) is 8.78 Å². The molecule has 2 N–H and O–H groups in total. The van der Waals surface area contributed by atoms with Gasteiger partial charge < -0.3 is 20.1 Å². The van der Waals surface area contributed by atoms with Crippen molar-refractivity contribution < 1.29 is 23.4 Å². The second kappa shape index (κ2) is 10.8. The minimum atomic E-state index is -2.90. The molecule has 1 aliphatic heterocycles. The molecule has 1 atom stereocenters. The molecular formula is C23H26F2N4O3. The van der Waals surface area contributed by atoms with Crippen LogP contribution in [-0.4, -0.2) is 59.5 Å². The number of nitrogens with one attached hydrogen (secondary N) is 1. The van der Waals surface area contributed by atoms with Crippen LogP contribution < -0.4 is 10.1 Å². The molecule has 32 heavy (non-hydrogen) atoms. The molecule has 4 rings (SSSR count). The van der Waals surface area contributed by atoms with Crippen LogP contribution in [0.5, 0.6) is 5.75 Å². The average Bonchev–Trinajstić information content (AvgIpc) is 2.75. The lowest BCUT2D eigenvalue weighted by Gasteiger charge is -2.30. The second-order valence-corrected chi connectivity index (χ2v) is 7.67. The van der Waals surface area contributed by atoms with E-state index in [4.69, 9.17) is 14.6 Å². The maximum absolute atomic E-state index is 12.9. The molecule has 1 saturated heterocycles. The highest BCUT2D eigenvalue weighted by Gasteiger charge is 2.21. The zero-order valence-electron chi connectivity index (χ0n) is 18.0. The third kappa shape index (κ3) is 5.67. The van der Waals surface area contributed by atoms with E-state index in [0.717, 1.165) is 42.3 Å². The lowest BCUT2D eigenvalue weighted by atomic mass is 10.0. The number of halogens is 2. The minimum absolute atomic E-state index is 0.106. The van der Waals surface area contributed by atoms with E-state index in [1.165, 1.54) is 0 Å². The normalized spacial score (nSPS) is 16.3. The number of benzene rings is 2. The summed E-state index contributed by atoms with van der Waals surface area (Å²) in [6.07, 6.45) is 2.21. The Kier molecular flexibility index (Phi) is 7.88. The number of hydrogen-bond donors (Lipinski definition) is 2. The quantitative estimate of drug-likeness (QED) is 0.564. The summed E-state index contributed by atoms with van der Waals surface area (Å²) in [6.45, 7) is 0.727. The topological polar surface area (TPSA) is 87.6 Å². The molecule has 0 unspecified atom stereocenters. The highest BCUT2D eigenvalue weighted by molar-refractivity contribution is 6.01. The summed E-state index contributed by atoms with van der Waals surface area (Å²) < 4.78 is 30.7. The molecule has 0 saturated carbocycles. The monoisotopic (exact) mass is 444 g/mol. The summed E-state index contributed by atoms with van der Waals surface area (Å²) in [5, 5.41) is 21.0. The number of alkyl halides is 2. The number of ether oxygens (including phenoxy) is 1. The van der Waals surface area contributed by atoms with Gasteiger partial charge in [-0.15, -0.1) is 10.2 Å². The number of hydrogen-bond acceptors (Lipinski definition) is 6. The van der Waals surface area contributed by atoms with Crippen LogP contribution in [0.4, 0.5) is 14.6 Å². The molecule has 1 aliphatic rings. The Balaban J connectivity index is 0.000000913. The predicted octanol–water partition coefficient (Wildman–Crippen LogP) is 4.41. The number of anilines is 1. The van der Waals surface area contributed by atoms with Gasteiger partial charge in [0.05, 0.1) is 0 Å². The first-order valence-electron chi connectivity index (χ1n) is 10.3. The maximum Gasteiger partial charge on any atom is 0.387 e. The van der Waals surface area contributed by atoms with Crippen molar-refractivity contribution in [2.45, 2.75) is 32.4 Å². The van der Waals surface area contributed by atoms with Crippen LogP contribution in [0.15, 0.2) is 42.5 Å². The van der Waals surface area contributed by atoms with Crippen LogP contribution in [0.1, 0.15) is 18.4 Å². The van der Waals surface area contributed by atoms with Crippen molar-refractivity contribution in [2.24, 2.45) is 0 Å². The molecule has 1 fully saturated rings. The number of piperidine rings is 1. The fourth-order valence-corrected chi connectivity index (χ4v) is 3.91. The fraction of sp³-hybridized carbons (Fsp3) is 0.348. The maximum atomic E-state index is 12.9. The molecule has 0 radical (unpaired) electrons. The van der Waals surface area contributed by atoms with E-state index in [-0.39, 0.29) is 12.2 Å². The largest absolute Gasteiger partial charge is 0.483 e. The molecule has 0 amide bonds. The van der Waals surface area contributed by atoms with Gasteiger partial charge in [0.1, 0.15) is 11.4 Å². The van der Waals surface area contributed by atoms with Crippen LogP contribution in [0.3, 0.4) is 0 Å².